The lowest BCUT2D eigenvalue weighted by Gasteiger charge is -2.24. The first kappa shape index (κ1) is 23.9. The van der Waals surface area contributed by atoms with Crippen LogP contribution in [-0.4, -0.2) is 16.0 Å². The Hall–Kier alpha value is -3.81. The molecule has 0 aromatic heterocycles. The minimum absolute atomic E-state index is 0.179. The van der Waals surface area contributed by atoms with Crippen LogP contribution in [0.1, 0.15) is 31.8 Å². The summed E-state index contributed by atoms with van der Waals surface area (Å²) in [6.07, 6.45) is 0. The molecule has 0 bridgehead atoms. The van der Waals surface area contributed by atoms with Crippen LogP contribution in [-0.2, 0) is 23.9 Å². The second-order valence-electron chi connectivity index (χ2n) is 8.28. The normalized spacial score (nSPS) is 14.6. The van der Waals surface area contributed by atoms with Gasteiger partial charge in [0.05, 0.1) is 38.4 Å². The summed E-state index contributed by atoms with van der Waals surface area (Å²) >= 11 is 6.17. The summed E-state index contributed by atoms with van der Waals surface area (Å²) in [5.74, 6) is -1.04. The Bertz CT molecular complexity index is 1510. The largest absolute Gasteiger partial charge is 0.348 e. The van der Waals surface area contributed by atoms with Crippen molar-refractivity contribution >= 4 is 39.9 Å². The van der Waals surface area contributed by atoms with Gasteiger partial charge in [0.15, 0.2) is 0 Å². The van der Waals surface area contributed by atoms with Gasteiger partial charge in [0, 0.05) is 17.1 Å². The summed E-state index contributed by atoms with van der Waals surface area (Å²) in [4.78, 5) is 29.0. The van der Waals surface area contributed by atoms with Gasteiger partial charge in [-0.15, -0.1) is 0 Å². The number of amides is 2. The number of hydrogen-bond donors (Lipinski definition) is 1. The van der Waals surface area contributed by atoms with Gasteiger partial charge in [0.25, 0.3) is 11.8 Å². The van der Waals surface area contributed by atoms with Crippen molar-refractivity contribution < 1.29 is 18.2 Å². The molecular weight excluding hydrogens is 499 g/mol. The Labute approximate surface area is 215 Å². The maximum absolute atomic E-state index is 13.7. The number of benzene rings is 4. The molecule has 0 radical (unpaired) electrons. The van der Waals surface area contributed by atoms with Gasteiger partial charge in [-0.3, -0.25) is 9.59 Å². The van der Waals surface area contributed by atoms with E-state index in [1.165, 1.54) is 17.0 Å². The second-order valence-corrected chi connectivity index (χ2v) is 10.1. The first-order valence-corrected chi connectivity index (χ1v) is 12.7. The number of carbonyl (C=O) groups excluding carboxylic acids is 2. The van der Waals surface area contributed by atoms with Crippen molar-refractivity contribution in [1.29, 1.82) is 0 Å². The van der Waals surface area contributed by atoms with Crippen LogP contribution < -0.4 is 10.2 Å². The fourth-order valence-electron chi connectivity index (χ4n) is 4.07. The average molecular weight is 519 g/mol. The number of carbonyl (C=O) groups is 2. The van der Waals surface area contributed by atoms with Crippen LogP contribution in [0.4, 0.5) is 10.1 Å². The second kappa shape index (κ2) is 10.0. The zero-order chi connectivity index (χ0) is 25.2. The Morgan fingerprint density at radius 3 is 2.44 bits per heavy atom. The lowest BCUT2D eigenvalue weighted by Crippen LogP contribution is -2.31. The lowest BCUT2D eigenvalue weighted by molar-refractivity contribution is 0.0947. The summed E-state index contributed by atoms with van der Waals surface area (Å²) in [7, 11) is -1.62. The third kappa shape index (κ3) is 4.80. The molecule has 5 nitrogen and oxygen atoms in total. The molecule has 0 saturated carbocycles. The molecule has 36 heavy (non-hydrogen) atoms. The smallest absolute Gasteiger partial charge is 0.259 e. The van der Waals surface area contributed by atoms with Crippen LogP contribution in [0.2, 0.25) is 5.02 Å². The number of halogens is 2. The molecule has 8 heteroatoms. The number of nitrogens with zero attached hydrogens (tertiary/aromatic N) is 1. The number of rotatable bonds is 5. The van der Waals surface area contributed by atoms with Crippen LogP contribution in [0.5, 0.6) is 0 Å². The van der Waals surface area contributed by atoms with E-state index in [9.17, 15) is 18.2 Å². The average Bonchev–Trinajstić information content (AvgIpc) is 2.97. The van der Waals surface area contributed by atoms with Crippen LogP contribution in [0.3, 0.4) is 0 Å². The summed E-state index contributed by atoms with van der Waals surface area (Å²) < 4.78 is 26.7. The van der Waals surface area contributed by atoms with Crippen LogP contribution >= 0.6 is 11.6 Å². The summed E-state index contributed by atoms with van der Waals surface area (Å²) in [6, 6.07) is 24.6. The SMILES string of the molecule is O=C(NCc1ccc(F)cc1)c1ccc2c(c1)N(Cc1cccc(Cl)c1)C(=O)c1ccccc1[S@]2=O. The van der Waals surface area contributed by atoms with E-state index in [0.29, 0.717) is 31.6 Å². The number of anilines is 1. The zero-order valence-corrected chi connectivity index (χ0v) is 20.5. The van der Waals surface area contributed by atoms with Gasteiger partial charge >= 0.3 is 0 Å². The molecule has 2 amide bonds. The first-order valence-electron chi connectivity index (χ1n) is 11.1. The van der Waals surface area contributed by atoms with Crippen molar-refractivity contribution in [3.05, 3.63) is 124 Å². The van der Waals surface area contributed by atoms with E-state index < -0.39 is 10.8 Å². The Morgan fingerprint density at radius 2 is 1.67 bits per heavy atom. The minimum atomic E-state index is -1.62. The van der Waals surface area contributed by atoms with E-state index in [2.05, 4.69) is 5.32 Å². The molecule has 0 unspecified atom stereocenters. The van der Waals surface area contributed by atoms with Gasteiger partial charge in [-0.2, -0.15) is 0 Å². The predicted octanol–water partition coefficient (Wildman–Crippen LogP) is 5.74. The molecular formula is C28H20ClFN2O3S. The quantitative estimate of drug-likeness (QED) is 0.366. The van der Waals surface area contributed by atoms with E-state index in [1.54, 1.807) is 72.8 Å². The highest BCUT2D eigenvalue weighted by Gasteiger charge is 2.31. The van der Waals surface area contributed by atoms with Crippen molar-refractivity contribution in [2.24, 2.45) is 0 Å². The monoisotopic (exact) mass is 518 g/mol. The van der Waals surface area contributed by atoms with Crippen molar-refractivity contribution in [3.63, 3.8) is 0 Å². The van der Waals surface area contributed by atoms with Gasteiger partial charge in [-0.25, -0.2) is 8.60 Å². The molecule has 1 heterocycles. The molecule has 0 aliphatic carbocycles. The molecule has 1 atom stereocenters. The van der Waals surface area contributed by atoms with Crippen molar-refractivity contribution in [2.75, 3.05) is 4.90 Å². The minimum Gasteiger partial charge on any atom is -0.348 e. The Balaban J connectivity index is 1.53. The van der Waals surface area contributed by atoms with E-state index in [4.69, 9.17) is 11.6 Å². The van der Waals surface area contributed by atoms with Gasteiger partial charge < -0.3 is 10.2 Å². The van der Waals surface area contributed by atoms with Crippen molar-refractivity contribution in [2.45, 2.75) is 22.9 Å². The third-order valence-corrected chi connectivity index (χ3v) is 7.61. The maximum atomic E-state index is 13.7. The number of fused-ring (bicyclic) bond motifs is 2. The Morgan fingerprint density at radius 1 is 0.889 bits per heavy atom. The van der Waals surface area contributed by atoms with Crippen LogP contribution in [0.15, 0.2) is 101 Å². The van der Waals surface area contributed by atoms with Crippen molar-refractivity contribution in [1.82, 2.24) is 5.32 Å². The summed E-state index contributed by atoms with van der Waals surface area (Å²) in [5.41, 5.74) is 2.58. The maximum Gasteiger partial charge on any atom is 0.259 e. The molecule has 1 N–H and O–H groups in total. The molecule has 4 aromatic rings. The number of hydrogen-bond acceptors (Lipinski definition) is 3. The molecule has 180 valence electrons. The van der Waals surface area contributed by atoms with Crippen molar-refractivity contribution in [3.8, 4) is 0 Å². The zero-order valence-electron chi connectivity index (χ0n) is 18.9. The third-order valence-electron chi connectivity index (χ3n) is 5.87. The van der Waals surface area contributed by atoms with Crippen LogP contribution in [0.25, 0.3) is 0 Å². The molecule has 0 spiro atoms. The summed E-state index contributed by atoms with van der Waals surface area (Å²) in [6.45, 7) is 0.386. The first-order chi connectivity index (χ1) is 17.4. The topological polar surface area (TPSA) is 66.5 Å². The van der Waals surface area contributed by atoms with Crippen LogP contribution in [0, 0.1) is 5.82 Å². The van der Waals surface area contributed by atoms with Gasteiger partial charge in [0.2, 0.25) is 0 Å². The molecule has 4 aromatic carbocycles. The standard InChI is InChI=1S/C28H20ClFN2O3S/c29-21-5-3-4-19(14-21)17-32-24-15-20(27(33)31-16-18-8-11-22(30)12-9-18)10-13-26(24)36(35)25-7-2-1-6-23(25)28(32)34/h1-15H,16-17H2,(H,31,33)/t36-/m1/s1. The highest BCUT2D eigenvalue weighted by Crippen LogP contribution is 2.36. The molecule has 1 aliphatic rings. The van der Waals surface area contributed by atoms with E-state index in [0.717, 1.165) is 11.1 Å². The fourth-order valence-corrected chi connectivity index (χ4v) is 5.62. The van der Waals surface area contributed by atoms with E-state index in [-0.39, 0.29) is 30.7 Å². The number of nitrogens with one attached hydrogen (secondary N) is 1. The molecule has 0 fully saturated rings. The van der Waals surface area contributed by atoms with E-state index >= 15 is 0 Å². The summed E-state index contributed by atoms with van der Waals surface area (Å²) in [5, 5.41) is 3.35. The molecule has 0 saturated heterocycles. The Kier molecular flexibility index (Phi) is 6.67. The molecule has 5 rings (SSSR count). The predicted molar refractivity (Wildman–Crippen MR) is 137 cm³/mol. The molecule has 1 aliphatic heterocycles. The highest BCUT2D eigenvalue weighted by molar-refractivity contribution is 7.85. The van der Waals surface area contributed by atoms with E-state index in [1.807, 2.05) is 6.07 Å². The van der Waals surface area contributed by atoms with Gasteiger partial charge in [0.1, 0.15) is 5.82 Å². The van der Waals surface area contributed by atoms with Gasteiger partial charge in [-0.05, 0) is 65.7 Å². The lowest BCUT2D eigenvalue weighted by atomic mass is 10.1. The highest BCUT2D eigenvalue weighted by atomic mass is 35.5. The van der Waals surface area contributed by atoms with Gasteiger partial charge in [-0.1, -0.05) is 48.0 Å². The fraction of sp³-hybridized carbons (Fsp3) is 0.0714.